The molecule has 6 nitrogen and oxygen atoms in total. The highest BCUT2D eigenvalue weighted by atomic mass is 19.1. The number of fused-ring (bicyclic) bond motifs is 2. The fraction of sp³-hybridized carbons (Fsp3) is 0.281. The largest absolute Gasteiger partial charge is 0.497 e. The van der Waals surface area contributed by atoms with Crippen LogP contribution < -0.4 is 15.9 Å². The van der Waals surface area contributed by atoms with Crippen molar-refractivity contribution < 1.29 is 9.13 Å². The van der Waals surface area contributed by atoms with Gasteiger partial charge in [-0.3, -0.25) is 14.2 Å². The number of benzene rings is 3. The van der Waals surface area contributed by atoms with Crippen LogP contribution >= 0.6 is 0 Å². The molecule has 2 heterocycles. The van der Waals surface area contributed by atoms with Gasteiger partial charge in [-0.05, 0) is 71.8 Å². The molecule has 0 amide bonds. The molecule has 5 rings (SSSR count). The van der Waals surface area contributed by atoms with Gasteiger partial charge in [0.25, 0.3) is 11.1 Å². The molecule has 0 bridgehead atoms. The van der Waals surface area contributed by atoms with Crippen molar-refractivity contribution in [3.63, 3.8) is 0 Å². The lowest BCUT2D eigenvalue weighted by Gasteiger charge is -2.21. The van der Waals surface area contributed by atoms with Crippen LogP contribution in [0.3, 0.4) is 0 Å². The van der Waals surface area contributed by atoms with Crippen molar-refractivity contribution in [3.05, 3.63) is 116 Å². The van der Waals surface area contributed by atoms with Crippen molar-refractivity contribution >= 4 is 11.0 Å². The second-order valence-corrected chi connectivity index (χ2v) is 10.0. The number of pyridine rings is 1. The normalized spacial score (nSPS) is 12.2. The second-order valence-electron chi connectivity index (χ2n) is 10.0. The number of nitrogens with zero attached hydrogens (tertiary/aromatic N) is 3. The molecule has 0 saturated heterocycles. The topological polar surface area (TPSA) is 66.1 Å². The van der Waals surface area contributed by atoms with E-state index in [1.54, 1.807) is 19.2 Å². The molecule has 2 aliphatic rings. The molecular weight excluding hydrogens is 493 g/mol. The number of ether oxygens (including phenoxy) is 1. The standard InChI is InChI=1S/C32H32FN3O3/c1-4-5-22-8-15-28-27(18-22)34-31-29(35(28)17-16-21(2)24-9-11-25(33)12-10-24)19-30(37)36(32(31)38)20-23-6-13-26(39-3)14-7-23/h6-15,18-19,21H,4-5,16-17,20H2,1-3H3. The zero-order valence-electron chi connectivity index (χ0n) is 22.5. The highest BCUT2D eigenvalue weighted by Gasteiger charge is 2.21. The molecule has 0 spiro atoms. The molecule has 3 aromatic carbocycles. The zero-order valence-corrected chi connectivity index (χ0v) is 22.5. The van der Waals surface area contributed by atoms with Gasteiger partial charge in [0.15, 0.2) is 5.69 Å². The van der Waals surface area contributed by atoms with Gasteiger partial charge < -0.3 is 9.30 Å². The van der Waals surface area contributed by atoms with E-state index in [1.807, 2.05) is 41.0 Å². The number of hydrogen-bond acceptors (Lipinski definition) is 4. The van der Waals surface area contributed by atoms with E-state index >= 15 is 0 Å². The summed E-state index contributed by atoms with van der Waals surface area (Å²) in [6.45, 7) is 4.94. The van der Waals surface area contributed by atoms with Crippen LogP contribution in [0.2, 0.25) is 0 Å². The van der Waals surface area contributed by atoms with Crippen LogP contribution in [0.25, 0.3) is 22.4 Å². The van der Waals surface area contributed by atoms with E-state index in [9.17, 15) is 14.0 Å². The van der Waals surface area contributed by atoms with Crippen LogP contribution in [-0.2, 0) is 19.5 Å². The summed E-state index contributed by atoms with van der Waals surface area (Å²) in [6, 6.07) is 21.5. The summed E-state index contributed by atoms with van der Waals surface area (Å²) in [5.41, 5.74) is 4.65. The Morgan fingerprint density at radius 1 is 0.923 bits per heavy atom. The molecule has 0 aromatic heterocycles. The first-order valence-electron chi connectivity index (χ1n) is 13.3. The van der Waals surface area contributed by atoms with Gasteiger partial charge in [-0.2, -0.15) is 0 Å². The monoisotopic (exact) mass is 525 g/mol. The van der Waals surface area contributed by atoms with Crippen LogP contribution in [0.1, 0.15) is 49.3 Å². The Morgan fingerprint density at radius 2 is 1.64 bits per heavy atom. The van der Waals surface area contributed by atoms with Crippen molar-refractivity contribution in [3.8, 4) is 17.1 Å². The van der Waals surface area contributed by atoms with Gasteiger partial charge in [0.1, 0.15) is 11.6 Å². The molecule has 0 aliphatic carbocycles. The molecule has 3 aromatic rings. The molecule has 1 unspecified atom stereocenters. The molecule has 2 aliphatic heterocycles. The minimum atomic E-state index is -0.406. The molecule has 200 valence electrons. The molecule has 39 heavy (non-hydrogen) atoms. The van der Waals surface area contributed by atoms with Crippen LogP contribution in [0.5, 0.6) is 5.75 Å². The first-order chi connectivity index (χ1) is 18.9. The number of aryl methyl sites for hydroxylation is 2. The Morgan fingerprint density at radius 3 is 2.33 bits per heavy atom. The van der Waals surface area contributed by atoms with E-state index in [2.05, 4.69) is 19.9 Å². The average molecular weight is 526 g/mol. The summed E-state index contributed by atoms with van der Waals surface area (Å²) in [4.78, 5) is 31.8. The van der Waals surface area contributed by atoms with Crippen molar-refractivity contribution in [2.45, 2.75) is 52.1 Å². The molecular formula is C32H32FN3O3. The minimum Gasteiger partial charge on any atom is -0.497 e. The van der Waals surface area contributed by atoms with Crippen molar-refractivity contribution in [1.82, 2.24) is 14.1 Å². The number of halogens is 1. The molecule has 0 N–H and O–H groups in total. The van der Waals surface area contributed by atoms with E-state index in [1.165, 1.54) is 22.8 Å². The SMILES string of the molecule is CCCc1ccc2c(c1)nc1c(=O)n(Cc3ccc(OC)cc3)c(=O)cc-1n2CCC(C)c1ccc(F)cc1. The van der Waals surface area contributed by atoms with Gasteiger partial charge in [-0.25, -0.2) is 9.37 Å². The van der Waals surface area contributed by atoms with Crippen LogP contribution in [0.15, 0.2) is 82.4 Å². The number of methoxy groups -OCH3 is 1. The van der Waals surface area contributed by atoms with E-state index in [0.717, 1.165) is 47.0 Å². The third kappa shape index (κ3) is 5.48. The maximum Gasteiger partial charge on any atom is 0.281 e. The fourth-order valence-corrected chi connectivity index (χ4v) is 5.08. The first-order valence-corrected chi connectivity index (χ1v) is 13.3. The summed E-state index contributed by atoms with van der Waals surface area (Å²) < 4.78 is 21.9. The maximum absolute atomic E-state index is 13.7. The van der Waals surface area contributed by atoms with Crippen molar-refractivity contribution in [2.75, 3.05) is 7.11 Å². The predicted octanol–water partition coefficient (Wildman–Crippen LogP) is 6.01. The van der Waals surface area contributed by atoms with Gasteiger partial charge in [-0.15, -0.1) is 0 Å². The number of hydrogen-bond donors (Lipinski definition) is 0. The summed E-state index contributed by atoms with van der Waals surface area (Å²) in [5, 5.41) is 0. The molecule has 0 fully saturated rings. The predicted molar refractivity (Wildman–Crippen MR) is 152 cm³/mol. The Labute approximate surface area is 226 Å². The van der Waals surface area contributed by atoms with E-state index < -0.39 is 5.56 Å². The maximum atomic E-state index is 13.7. The van der Waals surface area contributed by atoms with Gasteiger partial charge in [0.05, 0.1) is 30.4 Å². The highest BCUT2D eigenvalue weighted by Crippen LogP contribution is 2.27. The number of aromatic nitrogens is 3. The van der Waals surface area contributed by atoms with Crippen LogP contribution in [0.4, 0.5) is 4.39 Å². The lowest BCUT2D eigenvalue weighted by atomic mass is 9.97. The van der Waals surface area contributed by atoms with E-state index in [0.29, 0.717) is 18.0 Å². The quantitative estimate of drug-likeness (QED) is 0.221. The van der Waals surface area contributed by atoms with E-state index in [-0.39, 0.29) is 29.5 Å². The molecule has 1 atom stereocenters. The van der Waals surface area contributed by atoms with Crippen LogP contribution in [-0.4, -0.2) is 21.2 Å². The third-order valence-electron chi connectivity index (χ3n) is 7.33. The average Bonchev–Trinajstić information content (AvgIpc) is 2.94. The molecule has 7 heteroatoms. The Kier molecular flexibility index (Phi) is 7.59. The van der Waals surface area contributed by atoms with Gasteiger partial charge in [0, 0.05) is 12.6 Å². The summed E-state index contributed by atoms with van der Waals surface area (Å²) in [5.74, 6) is 0.597. The second kappa shape index (κ2) is 11.2. The van der Waals surface area contributed by atoms with Crippen molar-refractivity contribution in [1.29, 1.82) is 0 Å². The smallest absolute Gasteiger partial charge is 0.281 e. The van der Waals surface area contributed by atoms with Crippen molar-refractivity contribution in [2.24, 2.45) is 0 Å². The fourth-order valence-electron chi connectivity index (χ4n) is 5.08. The zero-order chi connectivity index (χ0) is 27.5. The molecule has 0 saturated carbocycles. The number of rotatable bonds is 9. The Balaban J connectivity index is 1.60. The van der Waals surface area contributed by atoms with Gasteiger partial charge >= 0.3 is 0 Å². The minimum absolute atomic E-state index is 0.148. The van der Waals surface area contributed by atoms with Crippen LogP contribution in [0, 0.1) is 5.82 Å². The third-order valence-corrected chi connectivity index (χ3v) is 7.33. The van der Waals surface area contributed by atoms with Gasteiger partial charge in [0.2, 0.25) is 0 Å². The summed E-state index contributed by atoms with van der Waals surface area (Å²) >= 11 is 0. The summed E-state index contributed by atoms with van der Waals surface area (Å²) in [7, 11) is 1.59. The van der Waals surface area contributed by atoms with Gasteiger partial charge in [-0.1, -0.05) is 50.6 Å². The summed E-state index contributed by atoms with van der Waals surface area (Å²) in [6.07, 6.45) is 2.66. The highest BCUT2D eigenvalue weighted by molar-refractivity contribution is 5.81. The lowest BCUT2D eigenvalue weighted by molar-refractivity contribution is 0.414. The van der Waals surface area contributed by atoms with E-state index in [4.69, 9.17) is 9.72 Å². The first kappa shape index (κ1) is 26.4. The lowest BCUT2D eigenvalue weighted by Crippen LogP contribution is -2.36. The Bertz CT molecular complexity index is 1690. The Hall–Kier alpha value is -4.26. The molecule has 0 radical (unpaired) electrons.